The minimum Gasteiger partial charge on any atom is -0.396 e. The molecule has 0 spiro atoms. The molecule has 3 nitrogen and oxygen atoms in total. The van der Waals surface area contributed by atoms with Crippen LogP contribution >= 0.6 is 0 Å². The lowest BCUT2D eigenvalue weighted by Gasteiger charge is -2.40. The van der Waals surface area contributed by atoms with E-state index in [2.05, 4.69) is 24.1 Å². The number of likely N-dealkylation sites (tertiary alicyclic amines) is 1. The number of nitrogens with zero attached hydrogens (tertiary/aromatic N) is 1. The minimum absolute atomic E-state index is 0.287. The van der Waals surface area contributed by atoms with E-state index in [9.17, 15) is 5.11 Å². The van der Waals surface area contributed by atoms with Gasteiger partial charge < -0.3 is 15.3 Å². The Morgan fingerprint density at radius 1 is 1.05 bits per heavy atom. The van der Waals surface area contributed by atoms with E-state index in [0.717, 1.165) is 6.04 Å². The smallest absolute Gasteiger partial charge is 0.0471 e. The van der Waals surface area contributed by atoms with Gasteiger partial charge in [0.05, 0.1) is 0 Å². The standard InChI is InChI=1S/C16H32N2O/c1-13(12-19)14(2)17-15-8-10-18(11-9-15)16-6-4-3-5-7-16/h13-17,19H,3-12H2,1-2H3. The fraction of sp³-hybridized carbons (Fsp3) is 1.00. The van der Waals surface area contributed by atoms with Crippen molar-refractivity contribution in [1.29, 1.82) is 0 Å². The average Bonchev–Trinajstić information content (AvgIpc) is 2.48. The fourth-order valence-corrected chi connectivity index (χ4v) is 3.57. The molecule has 2 atom stereocenters. The molecule has 112 valence electrons. The number of aliphatic hydroxyl groups is 1. The summed E-state index contributed by atoms with van der Waals surface area (Å²) in [5, 5.41) is 12.9. The van der Waals surface area contributed by atoms with E-state index in [4.69, 9.17) is 0 Å². The van der Waals surface area contributed by atoms with Crippen molar-refractivity contribution in [3.63, 3.8) is 0 Å². The van der Waals surface area contributed by atoms with Crippen molar-refractivity contribution in [3.8, 4) is 0 Å². The molecular formula is C16H32N2O. The molecule has 3 heteroatoms. The lowest BCUT2D eigenvalue weighted by atomic mass is 9.91. The van der Waals surface area contributed by atoms with Gasteiger partial charge in [0, 0.05) is 24.7 Å². The molecule has 2 unspecified atom stereocenters. The van der Waals surface area contributed by atoms with Crippen LogP contribution in [0.25, 0.3) is 0 Å². The number of hydrogen-bond acceptors (Lipinski definition) is 3. The second kappa shape index (κ2) is 7.61. The Labute approximate surface area is 118 Å². The molecule has 1 saturated carbocycles. The Hall–Kier alpha value is -0.120. The lowest BCUT2D eigenvalue weighted by molar-refractivity contribution is 0.108. The number of nitrogens with one attached hydrogen (secondary N) is 1. The second-order valence-corrected chi connectivity index (χ2v) is 6.72. The van der Waals surface area contributed by atoms with Gasteiger partial charge in [-0.2, -0.15) is 0 Å². The summed E-state index contributed by atoms with van der Waals surface area (Å²) in [6.07, 6.45) is 9.73. The van der Waals surface area contributed by atoms with E-state index >= 15 is 0 Å². The van der Waals surface area contributed by atoms with Crippen molar-refractivity contribution >= 4 is 0 Å². The van der Waals surface area contributed by atoms with Crippen molar-refractivity contribution in [3.05, 3.63) is 0 Å². The van der Waals surface area contributed by atoms with Gasteiger partial charge in [-0.1, -0.05) is 26.2 Å². The molecule has 0 bridgehead atoms. The van der Waals surface area contributed by atoms with E-state index in [1.165, 1.54) is 58.0 Å². The number of aliphatic hydroxyl groups excluding tert-OH is 1. The number of piperidine rings is 1. The van der Waals surface area contributed by atoms with E-state index in [0.29, 0.717) is 18.0 Å². The molecule has 0 aromatic carbocycles. The van der Waals surface area contributed by atoms with Crippen LogP contribution in [0.4, 0.5) is 0 Å². The van der Waals surface area contributed by atoms with E-state index in [1.54, 1.807) is 0 Å². The van der Waals surface area contributed by atoms with E-state index in [-0.39, 0.29) is 6.61 Å². The highest BCUT2D eigenvalue weighted by Crippen LogP contribution is 2.25. The van der Waals surface area contributed by atoms with Gasteiger partial charge in [0.2, 0.25) is 0 Å². The van der Waals surface area contributed by atoms with Crippen molar-refractivity contribution in [2.45, 2.75) is 76.9 Å². The summed E-state index contributed by atoms with van der Waals surface area (Å²) in [7, 11) is 0. The molecule has 1 saturated heterocycles. The van der Waals surface area contributed by atoms with Crippen molar-refractivity contribution in [2.24, 2.45) is 5.92 Å². The first-order valence-corrected chi connectivity index (χ1v) is 8.31. The third-order valence-electron chi connectivity index (χ3n) is 5.26. The van der Waals surface area contributed by atoms with E-state index < -0.39 is 0 Å². The van der Waals surface area contributed by atoms with Gasteiger partial charge in [-0.05, 0) is 51.6 Å². The first-order valence-electron chi connectivity index (χ1n) is 8.31. The first kappa shape index (κ1) is 15.3. The molecule has 0 aromatic rings. The van der Waals surface area contributed by atoms with Crippen LogP contribution in [-0.2, 0) is 0 Å². The average molecular weight is 268 g/mol. The quantitative estimate of drug-likeness (QED) is 0.803. The summed E-state index contributed by atoms with van der Waals surface area (Å²) in [6.45, 7) is 7.14. The molecular weight excluding hydrogens is 236 g/mol. The minimum atomic E-state index is 0.287. The first-order chi connectivity index (χ1) is 9.20. The van der Waals surface area contributed by atoms with Crippen LogP contribution in [0.1, 0.15) is 58.8 Å². The molecule has 2 aliphatic rings. The maximum absolute atomic E-state index is 9.20. The predicted molar refractivity (Wildman–Crippen MR) is 80.3 cm³/mol. The van der Waals surface area contributed by atoms with Crippen LogP contribution in [-0.4, -0.2) is 47.8 Å². The molecule has 1 aliphatic carbocycles. The van der Waals surface area contributed by atoms with E-state index in [1.807, 2.05) is 0 Å². The third kappa shape index (κ3) is 4.44. The third-order valence-corrected chi connectivity index (χ3v) is 5.26. The lowest BCUT2D eigenvalue weighted by Crippen LogP contribution is -2.50. The van der Waals surface area contributed by atoms with Gasteiger partial charge in [0.15, 0.2) is 0 Å². The zero-order valence-electron chi connectivity index (χ0n) is 12.8. The Balaban J connectivity index is 1.70. The highest BCUT2D eigenvalue weighted by Gasteiger charge is 2.27. The zero-order valence-corrected chi connectivity index (χ0v) is 12.8. The van der Waals surface area contributed by atoms with Gasteiger partial charge in [-0.25, -0.2) is 0 Å². The fourth-order valence-electron chi connectivity index (χ4n) is 3.57. The van der Waals surface area contributed by atoms with Crippen LogP contribution in [0.15, 0.2) is 0 Å². The maximum Gasteiger partial charge on any atom is 0.0471 e. The summed E-state index contributed by atoms with van der Waals surface area (Å²) < 4.78 is 0. The molecule has 1 heterocycles. The molecule has 2 N–H and O–H groups in total. The van der Waals surface area contributed by atoms with Crippen molar-refractivity contribution < 1.29 is 5.11 Å². The number of hydrogen-bond donors (Lipinski definition) is 2. The van der Waals surface area contributed by atoms with Crippen LogP contribution in [0.2, 0.25) is 0 Å². The largest absolute Gasteiger partial charge is 0.396 e. The summed E-state index contributed by atoms with van der Waals surface area (Å²) in [6, 6.07) is 1.96. The summed E-state index contributed by atoms with van der Waals surface area (Å²) >= 11 is 0. The highest BCUT2D eigenvalue weighted by molar-refractivity contribution is 4.85. The monoisotopic (exact) mass is 268 g/mol. The Morgan fingerprint density at radius 3 is 2.26 bits per heavy atom. The normalized spacial score (nSPS) is 27.3. The predicted octanol–water partition coefficient (Wildman–Crippen LogP) is 2.39. The summed E-state index contributed by atoms with van der Waals surface area (Å²) in [4.78, 5) is 2.73. The van der Waals surface area contributed by atoms with Gasteiger partial charge in [-0.15, -0.1) is 0 Å². The maximum atomic E-state index is 9.20. The van der Waals surface area contributed by atoms with Gasteiger partial charge >= 0.3 is 0 Å². The van der Waals surface area contributed by atoms with Gasteiger partial charge in [-0.3, -0.25) is 0 Å². The van der Waals surface area contributed by atoms with Gasteiger partial charge in [0.1, 0.15) is 0 Å². The SMILES string of the molecule is CC(CO)C(C)NC1CCN(C2CCCCC2)CC1. The van der Waals surface area contributed by atoms with Crippen LogP contribution in [0, 0.1) is 5.92 Å². The molecule has 0 amide bonds. The molecule has 1 aliphatic heterocycles. The van der Waals surface area contributed by atoms with Gasteiger partial charge in [0.25, 0.3) is 0 Å². The molecule has 0 radical (unpaired) electrons. The summed E-state index contributed by atoms with van der Waals surface area (Å²) in [5.41, 5.74) is 0. The summed E-state index contributed by atoms with van der Waals surface area (Å²) in [5.74, 6) is 0.358. The second-order valence-electron chi connectivity index (χ2n) is 6.72. The Morgan fingerprint density at radius 2 is 1.68 bits per heavy atom. The van der Waals surface area contributed by atoms with Crippen LogP contribution in [0.3, 0.4) is 0 Å². The van der Waals surface area contributed by atoms with Crippen molar-refractivity contribution in [2.75, 3.05) is 19.7 Å². The Kier molecular flexibility index (Phi) is 6.11. The Bertz CT molecular complexity index is 245. The molecule has 19 heavy (non-hydrogen) atoms. The molecule has 2 fully saturated rings. The van der Waals surface area contributed by atoms with Crippen LogP contribution < -0.4 is 5.32 Å². The number of rotatable bonds is 5. The van der Waals surface area contributed by atoms with Crippen molar-refractivity contribution in [1.82, 2.24) is 10.2 Å². The molecule has 2 rings (SSSR count). The topological polar surface area (TPSA) is 35.5 Å². The van der Waals surface area contributed by atoms with Crippen LogP contribution in [0.5, 0.6) is 0 Å². The molecule has 0 aromatic heterocycles. The zero-order chi connectivity index (χ0) is 13.7. The highest BCUT2D eigenvalue weighted by atomic mass is 16.3.